The molecule has 1 heterocycles. The molecule has 0 aliphatic carbocycles. The first kappa shape index (κ1) is 25.3. The van der Waals surface area contributed by atoms with Crippen molar-refractivity contribution in [3.8, 4) is 5.75 Å². The van der Waals surface area contributed by atoms with Crippen LogP contribution in [0.15, 0.2) is 23.2 Å². The molecule has 1 fully saturated rings. The van der Waals surface area contributed by atoms with Gasteiger partial charge in [0, 0.05) is 44.3 Å². The minimum Gasteiger partial charge on any atom is -0.493 e. The number of rotatable bonds is 11. The molecule has 0 amide bonds. The molecule has 1 atom stereocenters. The molecule has 1 aliphatic heterocycles. The Bertz CT molecular complexity index is 584. The minimum absolute atomic E-state index is 0. The van der Waals surface area contributed by atoms with Crippen LogP contribution in [0.4, 0.5) is 0 Å². The van der Waals surface area contributed by atoms with Crippen LogP contribution in [0.2, 0.25) is 5.02 Å². The third-order valence-electron chi connectivity index (χ3n) is 4.37. The van der Waals surface area contributed by atoms with E-state index in [-0.39, 0.29) is 24.0 Å². The summed E-state index contributed by atoms with van der Waals surface area (Å²) in [7, 11) is 1.78. The first-order valence-electron chi connectivity index (χ1n) is 9.68. The highest BCUT2D eigenvalue weighted by molar-refractivity contribution is 14.0. The molecule has 6 nitrogen and oxygen atoms in total. The standard InChI is InChI=1S/C20H32ClN3O3.HI/c1-16-13-18(21)5-6-19(16)27-11-4-9-24-20(22-2)23-8-3-10-25-14-17-7-12-26-15-17;/h5-6,13,17H,3-4,7-12,14-15H2,1-2H3,(H2,22,23,24);1H. The average molecular weight is 526 g/mol. The molecule has 1 unspecified atom stereocenters. The predicted molar refractivity (Wildman–Crippen MR) is 125 cm³/mol. The highest BCUT2D eigenvalue weighted by atomic mass is 127. The summed E-state index contributed by atoms with van der Waals surface area (Å²) in [5.74, 6) is 2.26. The van der Waals surface area contributed by atoms with Crippen molar-refractivity contribution in [1.29, 1.82) is 0 Å². The van der Waals surface area contributed by atoms with Gasteiger partial charge < -0.3 is 24.8 Å². The van der Waals surface area contributed by atoms with Crippen LogP contribution in [-0.2, 0) is 9.47 Å². The van der Waals surface area contributed by atoms with Crippen molar-refractivity contribution >= 4 is 41.5 Å². The SMILES string of the molecule is CN=C(NCCCOCC1CCOC1)NCCCOc1ccc(Cl)cc1C.I. The number of aliphatic imine (C=N–C) groups is 1. The summed E-state index contributed by atoms with van der Waals surface area (Å²) in [4.78, 5) is 4.23. The van der Waals surface area contributed by atoms with E-state index >= 15 is 0 Å². The van der Waals surface area contributed by atoms with Gasteiger partial charge in [-0.05, 0) is 49.9 Å². The molecule has 160 valence electrons. The lowest BCUT2D eigenvalue weighted by molar-refractivity contribution is 0.0888. The van der Waals surface area contributed by atoms with Crippen molar-refractivity contribution in [1.82, 2.24) is 10.6 Å². The number of guanidine groups is 1. The van der Waals surface area contributed by atoms with E-state index in [9.17, 15) is 0 Å². The second kappa shape index (κ2) is 15.1. The highest BCUT2D eigenvalue weighted by Crippen LogP contribution is 2.21. The van der Waals surface area contributed by atoms with Crippen LogP contribution >= 0.6 is 35.6 Å². The topological polar surface area (TPSA) is 64.1 Å². The molecule has 1 aromatic carbocycles. The number of hydrogen-bond acceptors (Lipinski definition) is 4. The minimum atomic E-state index is 0. The Morgan fingerprint density at radius 1 is 1.25 bits per heavy atom. The van der Waals surface area contributed by atoms with E-state index in [0.29, 0.717) is 12.5 Å². The zero-order valence-corrected chi connectivity index (χ0v) is 19.9. The molecule has 1 aromatic rings. The van der Waals surface area contributed by atoms with Crippen molar-refractivity contribution in [2.45, 2.75) is 26.2 Å². The number of hydrogen-bond donors (Lipinski definition) is 2. The monoisotopic (exact) mass is 525 g/mol. The van der Waals surface area contributed by atoms with Gasteiger partial charge >= 0.3 is 0 Å². The lowest BCUT2D eigenvalue weighted by atomic mass is 10.1. The summed E-state index contributed by atoms with van der Waals surface area (Å²) in [6, 6.07) is 5.67. The Kier molecular flexibility index (Phi) is 13.6. The summed E-state index contributed by atoms with van der Waals surface area (Å²) in [6.45, 7) is 7.56. The Balaban J connectivity index is 0.00000392. The molecular weight excluding hydrogens is 493 g/mol. The van der Waals surface area contributed by atoms with Crippen molar-refractivity contribution in [2.24, 2.45) is 10.9 Å². The van der Waals surface area contributed by atoms with E-state index in [4.69, 9.17) is 25.8 Å². The van der Waals surface area contributed by atoms with Crippen LogP contribution < -0.4 is 15.4 Å². The normalized spacial score (nSPS) is 16.5. The quantitative estimate of drug-likeness (QED) is 0.200. The van der Waals surface area contributed by atoms with E-state index in [1.54, 1.807) is 7.05 Å². The lowest BCUT2D eigenvalue weighted by Crippen LogP contribution is -2.38. The Hall–Kier alpha value is -0.770. The second-order valence-corrected chi connectivity index (χ2v) is 7.13. The Labute approximate surface area is 190 Å². The molecule has 8 heteroatoms. The average Bonchev–Trinajstić information content (AvgIpc) is 3.17. The molecule has 0 spiro atoms. The molecule has 1 aliphatic rings. The lowest BCUT2D eigenvalue weighted by Gasteiger charge is -2.13. The fourth-order valence-electron chi connectivity index (χ4n) is 2.80. The molecule has 0 aromatic heterocycles. The first-order chi connectivity index (χ1) is 13.2. The van der Waals surface area contributed by atoms with Gasteiger partial charge in [0.25, 0.3) is 0 Å². The number of benzene rings is 1. The summed E-state index contributed by atoms with van der Waals surface area (Å²) in [5, 5.41) is 7.33. The van der Waals surface area contributed by atoms with E-state index in [2.05, 4.69) is 15.6 Å². The van der Waals surface area contributed by atoms with Crippen LogP contribution in [0.5, 0.6) is 5.75 Å². The molecule has 0 radical (unpaired) electrons. The van der Waals surface area contributed by atoms with Crippen LogP contribution in [-0.4, -0.2) is 59.1 Å². The van der Waals surface area contributed by atoms with Crippen molar-refractivity contribution in [3.05, 3.63) is 28.8 Å². The molecule has 0 bridgehead atoms. The Morgan fingerprint density at radius 3 is 2.64 bits per heavy atom. The maximum atomic E-state index is 5.95. The van der Waals surface area contributed by atoms with Crippen molar-refractivity contribution < 1.29 is 14.2 Å². The van der Waals surface area contributed by atoms with Gasteiger partial charge in [-0.2, -0.15) is 0 Å². The maximum absolute atomic E-state index is 5.95. The molecule has 2 rings (SSSR count). The molecule has 0 saturated carbocycles. The zero-order chi connectivity index (χ0) is 19.3. The highest BCUT2D eigenvalue weighted by Gasteiger charge is 2.15. The fourth-order valence-corrected chi connectivity index (χ4v) is 3.03. The van der Waals surface area contributed by atoms with Gasteiger partial charge in [0.1, 0.15) is 5.75 Å². The summed E-state index contributed by atoms with van der Waals surface area (Å²) in [5.41, 5.74) is 1.05. The molecule has 2 N–H and O–H groups in total. The van der Waals surface area contributed by atoms with Crippen molar-refractivity contribution in [2.75, 3.05) is 53.2 Å². The third kappa shape index (κ3) is 10.1. The van der Waals surface area contributed by atoms with E-state index < -0.39 is 0 Å². The van der Waals surface area contributed by atoms with Gasteiger partial charge in [-0.1, -0.05) is 11.6 Å². The number of nitrogens with zero attached hydrogens (tertiary/aromatic N) is 1. The van der Waals surface area contributed by atoms with Gasteiger partial charge in [-0.25, -0.2) is 0 Å². The fraction of sp³-hybridized carbons (Fsp3) is 0.650. The summed E-state index contributed by atoms with van der Waals surface area (Å²) < 4.78 is 16.8. The van der Waals surface area contributed by atoms with Gasteiger partial charge in [0.15, 0.2) is 5.96 Å². The zero-order valence-electron chi connectivity index (χ0n) is 16.8. The Morgan fingerprint density at radius 2 is 2.00 bits per heavy atom. The van der Waals surface area contributed by atoms with Crippen LogP contribution in [0, 0.1) is 12.8 Å². The summed E-state index contributed by atoms with van der Waals surface area (Å²) in [6.07, 6.45) is 2.96. The van der Waals surface area contributed by atoms with Gasteiger partial charge in [0.05, 0.1) is 19.8 Å². The summed E-state index contributed by atoms with van der Waals surface area (Å²) >= 11 is 5.95. The molecule has 28 heavy (non-hydrogen) atoms. The maximum Gasteiger partial charge on any atom is 0.190 e. The second-order valence-electron chi connectivity index (χ2n) is 6.70. The number of nitrogens with one attached hydrogen (secondary N) is 2. The van der Waals surface area contributed by atoms with Crippen LogP contribution in [0.25, 0.3) is 0 Å². The van der Waals surface area contributed by atoms with Crippen LogP contribution in [0.1, 0.15) is 24.8 Å². The largest absolute Gasteiger partial charge is 0.493 e. The first-order valence-corrected chi connectivity index (χ1v) is 10.1. The van der Waals surface area contributed by atoms with E-state index in [1.807, 2.05) is 25.1 Å². The number of halogens is 2. The molecular formula is C20H33ClIN3O3. The van der Waals surface area contributed by atoms with Crippen molar-refractivity contribution in [3.63, 3.8) is 0 Å². The van der Waals surface area contributed by atoms with E-state index in [1.165, 1.54) is 0 Å². The van der Waals surface area contributed by atoms with E-state index in [0.717, 1.165) is 81.1 Å². The third-order valence-corrected chi connectivity index (χ3v) is 4.60. The molecule has 1 saturated heterocycles. The number of ether oxygens (including phenoxy) is 3. The predicted octanol–water partition coefficient (Wildman–Crippen LogP) is 3.64. The van der Waals surface area contributed by atoms with Gasteiger partial charge in [-0.15, -0.1) is 24.0 Å². The smallest absolute Gasteiger partial charge is 0.190 e. The number of aryl methyl sites for hydroxylation is 1. The van der Waals surface area contributed by atoms with Gasteiger partial charge in [0.2, 0.25) is 0 Å². The van der Waals surface area contributed by atoms with Crippen LogP contribution in [0.3, 0.4) is 0 Å². The van der Waals surface area contributed by atoms with Gasteiger partial charge in [-0.3, -0.25) is 4.99 Å².